The number of carbonyl (C=O) groups is 1. The zero-order valence-corrected chi connectivity index (χ0v) is 13.8. The quantitative estimate of drug-likeness (QED) is 0.716. The molecule has 0 saturated carbocycles. The molecule has 0 N–H and O–H groups in total. The average molecular weight is 373 g/mol. The summed E-state index contributed by atoms with van der Waals surface area (Å²) >= 11 is 3.46. The third-order valence-electron chi connectivity index (χ3n) is 3.57. The Hall–Kier alpha value is -2.04. The van der Waals surface area contributed by atoms with Crippen LogP contribution in [0.15, 0.2) is 64.1 Å². The molecule has 2 aromatic carbocycles. The number of carbonyl (C=O) groups excluding carboxylic acids is 1. The van der Waals surface area contributed by atoms with Crippen LogP contribution in [0.4, 0.5) is 4.39 Å². The highest BCUT2D eigenvalue weighted by Crippen LogP contribution is 2.24. The van der Waals surface area contributed by atoms with Gasteiger partial charge in [-0.3, -0.25) is 4.79 Å². The Labute approximate surface area is 142 Å². The molecule has 1 fully saturated rings. The number of hydrogen-bond donors (Lipinski definition) is 0. The SMILES string of the molecule is O=C1/C(=C/c2ccccc2F)COC/C1=C\c1ccccc1Br. The van der Waals surface area contributed by atoms with E-state index in [1.54, 1.807) is 30.4 Å². The topological polar surface area (TPSA) is 26.3 Å². The Morgan fingerprint density at radius 2 is 1.48 bits per heavy atom. The van der Waals surface area contributed by atoms with E-state index in [-0.39, 0.29) is 24.8 Å². The normalized spacial score (nSPS) is 18.6. The fraction of sp³-hybridized carbons (Fsp3) is 0.105. The molecule has 0 radical (unpaired) electrons. The number of rotatable bonds is 2. The van der Waals surface area contributed by atoms with Gasteiger partial charge in [0, 0.05) is 21.2 Å². The highest BCUT2D eigenvalue weighted by atomic mass is 79.9. The number of Topliss-reactive ketones (excluding diaryl/α,β-unsaturated/α-hetero) is 1. The number of ketones is 1. The molecule has 1 saturated heterocycles. The maximum Gasteiger partial charge on any atom is 0.189 e. The first-order valence-corrected chi connectivity index (χ1v) is 7.97. The summed E-state index contributed by atoms with van der Waals surface area (Å²) in [6.07, 6.45) is 3.37. The fourth-order valence-electron chi connectivity index (χ4n) is 2.38. The van der Waals surface area contributed by atoms with Crippen molar-refractivity contribution in [2.75, 3.05) is 13.2 Å². The van der Waals surface area contributed by atoms with Crippen molar-refractivity contribution >= 4 is 33.9 Å². The average Bonchev–Trinajstić information content (AvgIpc) is 2.55. The van der Waals surface area contributed by atoms with Gasteiger partial charge in [0.05, 0.1) is 13.2 Å². The molecule has 116 valence electrons. The van der Waals surface area contributed by atoms with E-state index in [4.69, 9.17) is 4.74 Å². The molecule has 3 rings (SSSR count). The Morgan fingerprint density at radius 1 is 0.913 bits per heavy atom. The van der Waals surface area contributed by atoms with Crippen molar-refractivity contribution in [2.24, 2.45) is 0 Å². The van der Waals surface area contributed by atoms with E-state index in [1.807, 2.05) is 24.3 Å². The van der Waals surface area contributed by atoms with Crippen molar-refractivity contribution < 1.29 is 13.9 Å². The van der Waals surface area contributed by atoms with Gasteiger partial charge < -0.3 is 4.74 Å². The first-order chi connectivity index (χ1) is 11.1. The molecule has 0 spiro atoms. The fourth-order valence-corrected chi connectivity index (χ4v) is 2.78. The largest absolute Gasteiger partial charge is 0.372 e. The highest BCUT2D eigenvalue weighted by Gasteiger charge is 2.21. The van der Waals surface area contributed by atoms with Crippen molar-refractivity contribution in [3.63, 3.8) is 0 Å². The molecule has 2 aromatic rings. The lowest BCUT2D eigenvalue weighted by Crippen LogP contribution is -2.22. The molecule has 0 amide bonds. The molecule has 0 aliphatic carbocycles. The van der Waals surface area contributed by atoms with Crippen LogP contribution in [-0.2, 0) is 9.53 Å². The molecular formula is C19H14BrFO2. The van der Waals surface area contributed by atoms with Gasteiger partial charge in [-0.05, 0) is 29.8 Å². The van der Waals surface area contributed by atoms with Gasteiger partial charge in [-0.25, -0.2) is 4.39 Å². The zero-order valence-electron chi connectivity index (χ0n) is 12.3. The van der Waals surface area contributed by atoms with E-state index < -0.39 is 0 Å². The Bertz CT molecular complexity index is 743. The molecular weight excluding hydrogens is 359 g/mol. The minimum atomic E-state index is -0.352. The van der Waals surface area contributed by atoms with Crippen LogP contribution in [0.5, 0.6) is 0 Å². The van der Waals surface area contributed by atoms with Crippen LogP contribution in [0.1, 0.15) is 11.1 Å². The van der Waals surface area contributed by atoms with Gasteiger partial charge in [-0.15, -0.1) is 0 Å². The summed E-state index contributed by atoms with van der Waals surface area (Å²) in [4.78, 5) is 12.6. The van der Waals surface area contributed by atoms with Gasteiger partial charge in [0.1, 0.15) is 5.82 Å². The second-order valence-corrected chi connectivity index (χ2v) is 6.06. The molecule has 1 heterocycles. The van der Waals surface area contributed by atoms with Gasteiger partial charge in [0.2, 0.25) is 0 Å². The van der Waals surface area contributed by atoms with E-state index >= 15 is 0 Å². The Balaban J connectivity index is 1.93. The molecule has 0 bridgehead atoms. The number of halogens is 2. The van der Waals surface area contributed by atoms with E-state index in [9.17, 15) is 9.18 Å². The van der Waals surface area contributed by atoms with Crippen molar-refractivity contribution in [3.8, 4) is 0 Å². The number of ether oxygens (including phenoxy) is 1. The Kier molecular flexibility index (Phi) is 4.84. The summed E-state index contributed by atoms with van der Waals surface area (Å²) in [5, 5.41) is 0. The molecule has 23 heavy (non-hydrogen) atoms. The van der Waals surface area contributed by atoms with Crippen LogP contribution in [-0.4, -0.2) is 19.0 Å². The first-order valence-electron chi connectivity index (χ1n) is 7.18. The lowest BCUT2D eigenvalue weighted by atomic mass is 9.98. The number of benzene rings is 2. The van der Waals surface area contributed by atoms with Gasteiger partial charge >= 0.3 is 0 Å². The maximum absolute atomic E-state index is 13.8. The van der Waals surface area contributed by atoms with Gasteiger partial charge in [-0.1, -0.05) is 52.3 Å². The van der Waals surface area contributed by atoms with Gasteiger partial charge in [-0.2, -0.15) is 0 Å². The standard InChI is InChI=1S/C19H14BrFO2/c20-17-7-3-1-5-13(17)9-15-11-23-12-16(19(15)22)10-14-6-2-4-8-18(14)21/h1-10H,11-12H2/b15-9+,16-10+. The second kappa shape index (κ2) is 7.02. The van der Waals surface area contributed by atoms with Crippen LogP contribution in [0.3, 0.4) is 0 Å². The van der Waals surface area contributed by atoms with Crippen LogP contribution in [0, 0.1) is 5.82 Å². The minimum absolute atomic E-state index is 0.102. The van der Waals surface area contributed by atoms with Crippen LogP contribution in [0.2, 0.25) is 0 Å². The summed E-state index contributed by atoms with van der Waals surface area (Å²) < 4.78 is 20.2. The van der Waals surface area contributed by atoms with E-state index in [1.165, 1.54) is 6.07 Å². The van der Waals surface area contributed by atoms with Crippen molar-refractivity contribution in [3.05, 3.63) is 81.1 Å². The van der Waals surface area contributed by atoms with Crippen LogP contribution in [0.25, 0.3) is 12.2 Å². The molecule has 1 aliphatic heterocycles. The third kappa shape index (κ3) is 3.66. The molecule has 1 aliphatic rings. The molecule has 2 nitrogen and oxygen atoms in total. The maximum atomic E-state index is 13.8. The Morgan fingerprint density at radius 3 is 2.13 bits per heavy atom. The smallest absolute Gasteiger partial charge is 0.189 e. The predicted octanol–water partition coefficient (Wildman–Crippen LogP) is 4.65. The lowest BCUT2D eigenvalue weighted by Gasteiger charge is -2.17. The second-order valence-electron chi connectivity index (χ2n) is 5.20. The van der Waals surface area contributed by atoms with Gasteiger partial charge in [0.25, 0.3) is 0 Å². The van der Waals surface area contributed by atoms with Crippen molar-refractivity contribution in [2.45, 2.75) is 0 Å². The zero-order chi connectivity index (χ0) is 16.2. The summed E-state index contributed by atoms with van der Waals surface area (Å²) in [7, 11) is 0. The summed E-state index contributed by atoms with van der Waals surface area (Å²) in [6, 6.07) is 14.0. The molecule has 4 heteroatoms. The summed E-state index contributed by atoms with van der Waals surface area (Å²) in [6.45, 7) is 0.454. The third-order valence-corrected chi connectivity index (χ3v) is 4.29. The van der Waals surface area contributed by atoms with Crippen LogP contribution >= 0.6 is 15.9 Å². The molecule has 0 aromatic heterocycles. The first kappa shape index (κ1) is 15.8. The minimum Gasteiger partial charge on any atom is -0.372 e. The number of hydrogen-bond acceptors (Lipinski definition) is 2. The monoisotopic (exact) mass is 372 g/mol. The van der Waals surface area contributed by atoms with Gasteiger partial charge in [0.15, 0.2) is 5.78 Å². The molecule has 0 unspecified atom stereocenters. The molecule has 0 atom stereocenters. The lowest BCUT2D eigenvalue weighted by molar-refractivity contribution is -0.114. The van der Waals surface area contributed by atoms with Crippen molar-refractivity contribution in [1.29, 1.82) is 0 Å². The van der Waals surface area contributed by atoms with Crippen LogP contribution < -0.4 is 0 Å². The van der Waals surface area contributed by atoms with E-state index in [0.29, 0.717) is 16.7 Å². The summed E-state index contributed by atoms with van der Waals surface area (Å²) in [5.74, 6) is -0.454. The van der Waals surface area contributed by atoms with E-state index in [2.05, 4.69) is 15.9 Å². The van der Waals surface area contributed by atoms with E-state index in [0.717, 1.165) is 10.0 Å². The highest BCUT2D eigenvalue weighted by molar-refractivity contribution is 9.10. The predicted molar refractivity (Wildman–Crippen MR) is 92.3 cm³/mol. The van der Waals surface area contributed by atoms with Crippen molar-refractivity contribution in [1.82, 2.24) is 0 Å². The summed E-state index contributed by atoms with van der Waals surface area (Å²) in [5.41, 5.74) is 2.32.